The molecule has 0 aliphatic heterocycles. The average Bonchev–Trinajstić information content (AvgIpc) is 2.97. The van der Waals surface area contributed by atoms with E-state index >= 15 is 0 Å². The van der Waals surface area contributed by atoms with Crippen molar-refractivity contribution < 1.29 is 4.42 Å². The second kappa shape index (κ2) is 6.87. The summed E-state index contributed by atoms with van der Waals surface area (Å²) in [6, 6.07) is 3.53. The Morgan fingerprint density at radius 2 is 2.22 bits per heavy atom. The molecule has 0 atom stereocenters. The molecule has 2 heterocycles. The third kappa shape index (κ3) is 3.80. The Bertz CT molecular complexity index is 483. The number of nitrogens with one attached hydrogen (secondary N) is 1. The fourth-order valence-electron chi connectivity index (χ4n) is 1.55. The molecule has 0 spiro atoms. The molecule has 0 saturated heterocycles. The van der Waals surface area contributed by atoms with Crippen molar-refractivity contribution in [2.45, 2.75) is 26.2 Å². The second-order valence-electron chi connectivity index (χ2n) is 3.96. The lowest BCUT2D eigenvalue weighted by Gasteiger charge is -1.99. The summed E-state index contributed by atoms with van der Waals surface area (Å²) in [7, 11) is 0. The summed E-state index contributed by atoms with van der Waals surface area (Å²) in [6.45, 7) is 4.26. The number of hydrogen-bond donors (Lipinski definition) is 1. The zero-order valence-electron chi connectivity index (χ0n) is 10.3. The first-order chi connectivity index (χ1) is 8.79. The van der Waals surface area contributed by atoms with Gasteiger partial charge in [-0.3, -0.25) is 0 Å². The van der Waals surface area contributed by atoms with Gasteiger partial charge in [-0.05, 0) is 49.7 Å². The maximum absolute atomic E-state index is 5.73. The molecule has 2 rings (SSSR count). The molecule has 98 valence electrons. The molecule has 0 bridgehead atoms. The molecule has 0 fully saturated rings. The highest BCUT2D eigenvalue weighted by molar-refractivity contribution is 7.14. The fourth-order valence-corrected chi connectivity index (χ4v) is 2.54. The van der Waals surface area contributed by atoms with Gasteiger partial charge in [0.1, 0.15) is 5.01 Å². The Morgan fingerprint density at radius 3 is 2.94 bits per heavy atom. The second-order valence-corrected chi connectivity index (χ2v) is 5.39. The van der Waals surface area contributed by atoms with Crippen LogP contribution in [0.4, 0.5) is 0 Å². The van der Waals surface area contributed by atoms with Gasteiger partial charge in [-0.25, -0.2) is 0 Å². The quantitative estimate of drug-likeness (QED) is 0.792. The number of aryl methyl sites for hydroxylation is 1. The van der Waals surface area contributed by atoms with Crippen molar-refractivity contribution in [1.29, 1.82) is 0 Å². The summed E-state index contributed by atoms with van der Waals surface area (Å²) >= 11 is 7.29. The van der Waals surface area contributed by atoms with E-state index in [1.165, 1.54) is 6.42 Å². The molecular formula is C12H16ClN3OS. The van der Waals surface area contributed by atoms with Crippen molar-refractivity contribution in [2.75, 3.05) is 13.1 Å². The van der Waals surface area contributed by atoms with Gasteiger partial charge in [0.05, 0.1) is 0 Å². The van der Waals surface area contributed by atoms with Crippen LogP contribution in [-0.4, -0.2) is 23.3 Å². The van der Waals surface area contributed by atoms with Crippen molar-refractivity contribution in [3.63, 3.8) is 0 Å². The van der Waals surface area contributed by atoms with E-state index < -0.39 is 0 Å². The van der Waals surface area contributed by atoms with Gasteiger partial charge >= 0.3 is 0 Å². The minimum Gasteiger partial charge on any atom is -0.442 e. The Kier molecular flexibility index (Phi) is 5.16. The standard InChI is InChI=1S/C12H16ClN3OS/c1-2-7-14-8-3-4-11-15-16-12(18-11)9-5-6-10(13)17-9/h5-6,14H,2-4,7-8H2,1H3. The van der Waals surface area contributed by atoms with Crippen molar-refractivity contribution >= 4 is 22.9 Å². The van der Waals surface area contributed by atoms with Crippen LogP contribution in [-0.2, 0) is 6.42 Å². The lowest BCUT2D eigenvalue weighted by atomic mass is 10.3. The van der Waals surface area contributed by atoms with E-state index in [0.29, 0.717) is 11.0 Å². The number of halogens is 1. The number of nitrogens with zero attached hydrogens (tertiary/aromatic N) is 2. The summed E-state index contributed by atoms with van der Waals surface area (Å²) in [5.74, 6) is 0.688. The van der Waals surface area contributed by atoms with Crippen LogP contribution in [0, 0.1) is 0 Å². The van der Waals surface area contributed by atoms with Crippen molar-refractivity contribution in [1.82, 2.24) is 15.5 Å². The van der Waals surface area contributed by atoms with E-state index in [1.54, 1.807) is 17.4 Å². The minimum atomic E-state index is 0.380. The minimum absolute atomic E-state index is 0.380. The average molecular weight is 286 g/mol. The van der Waals surface area contributed by atoms with Crippen LogP contribution in [0.5, 0.6) is 0 Å². The molecule has 0 aliphatic rings. The first kappa shape index (κ1) is 13.5. The molecule has 2 aromatic heterocycles. The third-order valence-electron chi connectivity index (χ3n) is 2.42. The van der Waals surface area contributed by atoms with Gasteiger partial charge in [-0.15, -0.1) is 10.2 Å². The van der Waals surface area contributed by atoms with Crippen LogP contribution in [0.25, 0.3) is 10.8 Å². The van der Waals surface area contributed by atoms with Gasteiger partial charge < -0.3 is 9.73 Å². The smallest absolute Gasteiger partial charge is 0.194 e. The molecule has 1 N–H and O–H groups in total. The monoisotopic (exact) mass is 285 g/mol. The van der Waals surface area contributed by atoms with Crippen molar-refractivity contribution in [2.24, 2.45) is 0 Å². The van der Waals surface area contributed by atoms with Crippen LogP contribution >= 0.6 is 22.9 Å². The molecule has 0 amide bonds. The largest absolute Gasteiger partial charge is 0.442 e. The van der Waals surface area contributed by atoms with Crippen LogP contribution in [0.1, 0.15) is 24.8 Å². The molecule has 0 radical (unpaired) electrons. The fraction of sp³-hybridized carbons (Fsp3) is 0.500. The van der Waals surface area contributed by atoms with Gasteiger partial charge in [0.15, 0.2) is 16.0 Å². The maximum atomic E-state index is 5.73. The normalized spacial score (nSPS) is 11.0. The van der Waals surface area contributed by atoms with Crippen LogP contribution in [0.2, 0.25) is 5.22 Å². The molecule has 2 aromatic rings. The van der Waals surface area contributed by atoms with E-state index in [2.05, 4.69) is 22.4 Å². The van der Waals surface area contributed by atoms with Gasteiger partial charge in [0.25, 0.3) is 0 Å². The molecule has 18 heavy (non-hydrogen) atoms. The topological polar surface area (TPSA) is 51.0 Å². The lowest BCUT2D eigenvalue weighted by Crippen LogP contribution is -2.16. The van der Waals surface area contributed by atoms with E-state index in [-0.39, 0.29) is 0 Å². The summed E-state index contributed by atoms with van der Waals surface area (Å²) in [6.07, 6.45) is 3.19. The summed E-state index contributed by atoms with van der Waals surface area (Å²) < 4.78 is 5.30. The molecule has 0 aliphatic carbocycles. The first-order valence-electron chi connectivity index (χ1n) is 6.08. The zero-order valence-corrected chi connectivity index (χ0v) is 11.9. The summed E-state index contributed by atoms with van der Waals surface area (Å²) in [5.41, 5.74) is 0. The molecule has 0 unspecified atom stereocenters. The highest BCUT2D eigenvalue weighted by Gasteiger charge is 2.10. The molecular weight excluding hydrogens is 270 g/mol. The first-order valence-corrected chi connectivity index (χ1v) is 7.28. The highest BCUT2D eigenvalue weighted by Crippen LogP contribution is 2.27. The predicted molar refractivity (Wildman–Crippen MR) is 74.1 cm³/mol. The Morgan fingerprint density at radius 1 is 1.33 bits per heavy atom. The maximum Gasteiger partial charge on any atom is 0.194 e. The van der Waals surface area contributed by atoms with Crippen LogP contribution in [0.15, 0.2) is 16.5 Å². The van der Waals surface area contributed by atoms with E-state index in [0.717, 1.165) is 35.9 Å². The molecule has 0 saturated carbocycles. The van der Waals surface area contributed by atoms with E-state index in [4.69, 9.17) is 16.0 Å². The van der Waals surface area contributed by atoms with Crippen LogP contribution < -0.4 is 5.32 Å². The highest BCUT2D eigenvalue weighted by atomic mass is 35.5. The Labute approximate surface area is 115 Å². The van der Waals surface area contributed by atoms with Crippen molar-refractivity contribution in [3.8, 4) is 10.8 Å². The summed E-state index contributed by atoms with van der Waals surface area (Å²) in [5, 5.41) is 13.8. The zero-order chi connectivity index (χ0) is 12.8. The SMILES string of the molecule is CCCNCCCc1nnc(-c2ccc(Cl)o2)s1. The third-order valence-corrected chi connectivity index (χ3v) is 3.62. The molecule has 4 nitrogen and oxygen atoms in total. The van der Waals surface area contributed by atoms with Crippen molar-refractivity contribution in [3.05, 3.63) is 22.4 Å². The molecule has 0 aromatic carbocycles. The Balaban J connectivity index is 1.83. The predicted octanol–water partition coefficient (Wildman–Crippen LogP) is 3.38. The van der Waals surface area contributed by atoms with Crippen LogP contribution in [0.3, 0.4) is 0 Å². The van der Waals surface area contributed by atoms with Gasteiger partial charge in [-0.1, -0.05) is 18.3 Å². The number of hydrogen-bond acceptors (Lipinski definition) is 5. The van der Waals surface area contributed by atoms with Gasteiger partial charge in [0, 0.05) is 6.42 Å². The number of aromatic nitrogens is 2. The van der Waals surface area contributed by atoms with E-state index in [1.807, 2.05) is 6.07 Å². The van der Waals surface area contributed by atoms with E-state index in [9.17, 15) is 0 Å². The van der Waals surface area contributed by atoms with Gasteiger partial charge in [0.2, 0.25) is 0 Å². The molecule has 6 heteroatoms. The lowest BCUT2D eigenvalue weighted by molar-refractivity contribution is 0.583. The van der Waals surface area contributed by atoms with Gasteiger partial charge in [-0.2, -0.15) is 0 Å². The Hall–Kier alpha value is -0.910. The number of rotatable bonds is 7. The summed E-state index contributed by atoms with van der Waals surface area (Å²) in [4.78, 5) is 0. The number of furan rings is 1.